The number of aryl methyl sites for hydroxylation is 2. The lowest BCUT2D eigenvalue weighted by atomic mass is 10.1. The van der Waals surface area contributed by atoms with Crippen molar-refractivity contribution in [1.29, 1.82) is 0 Å². The van der Waals surface area contributed by atoms with Crippen LogP contribution in [0.3, 0.4) is 0 Å². The van der Waals surface area contributed by atoms with E-state index in [0.717, 1.165) is 4.88 Å². The molecule has 0 saturated heterocycles. The monoisotopic (exact) mass is 452 g/mol. The number of amides is 1. The summed E-state index contributed by atoms with van der Waals surface area (Å²) in [5, 5.41) is 13.9. The Bertz CT molecular complexity index is 1290. The fraction of sp³-hybridized carbons (Fsp3) is 0.318. The topological polar surface area (TPSA) is 104 Å². The summed E-state index contributed by atoms with van der Waals surface area (Å²) in [6, 6.07) is 7.33. The molecule has 1 N–H and O–H groups in total. The van der Waals surface area contributed by atoms with Gasteiger partial charge in [0.05, 0.1) is 33.4 Å². The van der Waals surface area contributed by atoms with Crippen LogP contribution in [0.4, 0.5) is 5.82 Å². The van der Waals surface area contributed by atoms with Crippen molar-refractivity contribution in [2.75, 3.05) is 5.32 Å². The van der Waals surface area contributed by atoms with Crippen LogP contribution < -0.4 is 5.32 Å². The number of pyridine rings is 1. The molecular weight excluding hydrogens is 428 g/mol. The van der Waals surface area contributed by atoms with Gasteiger partial charge in [0.1, 0.15) is 5.82 Å². The largest absolute Gasteiger partial charge is 0.449 e. The average molecular weight is 453 g/mol. The maximum Gasteiger partial charge on any atom is 0.339 e. The molecule has 0 aliphatic rings. The molecule has 4 heterocycles. The molecule has 0 spiro atoms. The van der Waals surface area contributed by atoms with Crippen LogP contribution in [0, 0.1) is 6.92 Å². The lowest BCUT2D eigenvalue weighted by Gasteiger charge is -2.16. The highest BCUT2D eigenvalue weighted by Gasteiger charge is 2.25. The number of nitrogens with one attached hydrogen (secondary N) is 1. The Hall–Kier alpha value is -3.53. The molecule has 0 saturated carbocycles. The molecule has 0 radical (unpaired) electrons. The zero-order valence-electron chi connectivity index (χ0n) is 18.5. The Morgan fingerprint density at radius 3 is 2.69 bits per heavy atom. The first-order valence-electron chi connectivity index (χ1n) is 10.2. The SMILES string of the molecule is Cc1nn(C)c2nc(-c3cccs3)cc(C(=O)OC(C)C(=O)Nc3ccnn3C(C)C)c12. The quantitative estimate of drug-likeness (QED) is 0.444. The molecule has 166 valence electrons. The zero-order chi connectivity index (χ0) is 23.0. The van der Waals surface area contributed by atoms with Crippen molar-refractivity contribution in [3.63, 3.8) is 0 Å². The minimum Gasteiger partial charge on any atom is -0.449 e. The molecular formula is C22H24N6O3S. The fourth-order valence-corrected chi connectivity index (χ4v) is 4.17. The Balaban J connectivity index is 1.62. The Morgan fingerprint density at radius 2 is 2.00 bits per heavy atom. The van der Waals surface area contributed by atoms with Crippen LogP contribution in [-0.2, 0) is 16.6 Å². The van der Waals surface area contributed by atoms with E-state index in [-0.39, 0.29) is 6.04 Å². The first-order valence-corrected chi connectivity index (χ1v) is 11.1. The third kappa shape index (κ3) is 4.01. The molecule has 0 aromatic carbocycles. The minimum atomic E-state index is -1.01. The van der Waals surface area contributed by atoms with Crippen molar-refractivity contribution >= 4 is 40.1 Å². The standard InChI is InChI=1S/C22H24N6O3S/c1-12(2)28-18(8-9-23-28)25-21(29)14(4)31-22(30)15-11-16(17-7-6-10-32-17)24-20-19(15)13(3)26-27(20)5/h6-12,14H,1-5H3,(H,25,29). The molecule has 4 aromatic heterocycles. The fourth-order valence-electron chi connectivity index (χ4n) is 3.49. The summed E-state index contributed by atoms with van der Waals surface area (Å²) in [7, 11) is 1.78. The molecule has 1 unspecified atom stereocenters. The van der Waals surface area contributed by atoms with Crippen LogP contribution in [0.2, 0.25) is 0 Å². The van der Waals surface area contributed by atoms with Gasteiger partial charge < -0.3 is 10.1 Å². The third-order valence-electron chi connectivity index (χ3n) is 5.03. The van der Waals surface area contributed by atoms with Crippen LogP contribution in [-0.4, -0.2) is 42.5 Å². The molecule has 4 rings (SSSR count). The molecule has 0 aliphatic heterocycles. The number of aromatic nitrogens is 5. The van der Waals surface area contributed by atoms with E-state index in [1.807, 2.05) is 38.3 Å². The highest BCUT2D eigenvalue weighted by Crippen LogP contribution is 2.30. The Labute approximate surface area is 189 Å². The molecule has 32 heavy (non-hydrogen) atoms. The van der Waals surface area contributed by atoms with E-state index < -0.39 is 18.0 Å². The molecule has 4 aromatic rings. The Kier molecular flexibility index (Phi) is 5.79. The summed E-state index contributed by atoms with van der Waals surface area (Å²) in [6.45, 7) is 7.28. The van der Waals surface area contributed by atoms with Gasteiger partial charge in [0, 0.05) is 19.2 Å². The van der Waals surface area contributed by atoms with Gasteiger partial charge in [0.2, 0.25) is 0 Å². The van der Waals surface area contributed by atoms with E-state index in [2.05, 4.69) is 20.5 Å². The van der Waals surface area contributed by atoms with Crippen molar-refractivity contribution in [3.05, 3.63) is 47.1 Å². The van der Waals surface area contributed by atoms with Crippen LogP contribution in [0.5, 0.6) is 0 Å². The number of anilines is 1. The van der Waals surface area contributed by atoms with Crippen LogP contribution >= 0.6 is 11.3 Å². The predicted molar refractivity (Wildman–Crippen MR) is 123 cm³/mol. The van der Waals surface area contributed by atoms with E-state index in [1.54, 1.807) is 34.7 Å². The molecule has 1 atom stereocenters. The first kappa shape index (κ1) is 21.7. The number of hydrogen-bond donors (Lipinski definition) is 1. The first-order chi connectivity index (χ1) is 15.3. The zero-order valence-corrected chi connectivity index (χ0v) is 19.3. The minimum absolute atomic E-state index is 0.0764. The maximum atomic E-state index is 13.2. The van der Waals surface area contributed by atoms with Crippen molar-refractivity contribution in [2.45, 2.75) is 39.8 Å². The van der Waals surface area contributed by atoms with Crippen molar-refractivity contribution in [3.8, 4) is 10.6 Å². The average Bonchev–Trinajstić information content (AvgIpc) is 3.49. The molecule has 0 fully saturated rings. The van der Waals surface area contributed by atoms with E-state index in [9.17, 15) is 9.59 Å². The number of carbonyl (C=O) groups excluding carboxylic acids is 2. The van der Waals surface area contributed by atoms with Gasteiger partial charge in [-0.25, -0.2) is 14.5 Å². The van der Waals surface area contributed by atoms with Crippen molar-refractivity contribution in [1.82, 2.24) is 24.5 Å². The summed E-state index contributed by atoms with van der Waals surface area (Å²) in [6.07, 6.45) is 0.598. The maximum absolute atomic E-state index is 13.2. The molecule has 10 heteroatoms. The highest BCUT2D eigenvalue weighted by molar-refractivity contribution is 7.13. The van der Waals surface area contributed by atoms with Gasteiger partial charge in [-0.3, -0.25) is 9.48 Å². The molecule has 9 nitrogen and oxygen atoms in total. The van der Waals surface area contributed by atoms with E-state index >= 15 is 0 Å². The summed E-state index contributed by atoms with van der Waals surface area (Å²) in [4.78, 5) is 31.4. The van der Waals surface area contributed by atoms with E-state index in [0.29, 0.717) is 33.8 Å². The molecule has 0 bridgehead atoms. The van der Waals surface area contributed by atoms with Gasteiger partial charge in [0.15, 0.2) is 11.8 Å². The lowest BCUT2D eigenvalue weighted by Crippen LogP contribution is -2.31. The van der Waals surface area contributed by atoms with Crippen molar-refractivity contribution in [2.24, 2.45) is 7.05 Å². The summed E-state index contributed by atoms with van der Waals surface area (Å²) >= 11 is 1.53. The number of esters is 1. The second-order valence-corrected chi connectivity index (χ2v) is 8.68. The highest BCUT2D eigenvalue weighted by atomic mass is 32.1. The number of ether oxygens (including phenoxy) is 1. The van der Waals surface area contributed by atoms with E-state index in [4.69, 9.17) is 4.74 Å². The van der Waals surface area contributed by atoms with Crippen molar-refractivity contribution < 1.29 is 14.3 Å². The second kappa shape index (κ2) is 8.54. The summed E-state index contributed by atoms with van der Waals surface area (Å²) in [5.41, 5.74) is 2.23. The summed E-state index contributed by atoms with van der Waals surface area (Å²) in [5.74, 6) is -0.499. The van der Waals surface area contributed by atoms with Gasteiger partial charge in [-0.15, -0.1) is 11.3 Å². The molecule has 0 aliphatic carbocycles. The van der Waals surface area contributed by atoms with Gasteiger partial charge >= 0.3 is 5.97 Å². The molecule has 1 amide bonds. The number of carbonyl (C=O) groups is 2. The Morgan fingerprint density at radius 1 is 1.22 bits per heavy atom. The smallest absolute Gasteiger partial charge is 0.339 e. The van der Waals surface area contributed by atoms with Gasteiger partial charge in [-0.2, -0.15) is 10.2 Å². The van der Waals surface area contributed by atoms with E-state index in [1.165, 1.54) is 18.3 Å². The number of fused-ring (bicyclic) bond motifs is 1. The normalized spacial score (nSPS) is 12.3. The van der Waals surface area contributed by atoms with Crippen LogP contribution in [0.1, 0.15) is 42.9 Å². The number of rotatable bonds is 6. The van der Waals surface area contributed by atoms with Gasteiger partial charge in [-0.05, 0) is 45.2 Å². The number of hydrogen-bond acceptors (Lipinski definition) is 7. The van der Waals surface area contributed by atoms with Gasteiger partial charge in [0.25, 0.3) is 5.91 Å². The number of thiophene rings is 1. The third-order valence-corrected chi connectivity index (χ3v) is 5.92. The number of nitrogens with zero attached hydrogens (tertiary/aromatic N) is 5. The lowest BCUT2D eigenvalue weighted by molar-refractivity contribution is -0.123. The second-order valence-electron chi connectivity index (χ2n) is 7.73. The summed E-state index contributed by atoms with van der Waals surface area (Å²) < 4.78 is 8.88. The van der Waals surface area contributed by atoms with Crippen LogP contribution in [0.25, 0.3) is 21.6 Å². The van der Waals surface area contributed by atoms with Gasteiger partial charge in [-0.1, -0.05) is 6.07 Å². The van der Waals surface area contributed by atoms with Crippen LogP contribution in [0.15, 0.2) is 35.8 Å². The predicted octanol–water partition coefficient (Wildman–Crippen LogP) is 3.97.